The third kappa shape index (κ3) is 6.09. The number of hydrogen-bond donors (Lipinski definition) is 0. The van der Waals surface area contributed by atoms with Gasteiger partial charge < -0.3 is 9.80 Å². The third-order valence-electron chi connectivity index (χ3n) is 6.70. The first kappa shape index (κ1) is 29.8. The lowest BCUT2D eigenvalue weighted by Gasteiger charge is -2.35. The summed E-state index contributed by atoms with van der Waals surface area (Å²) in [4.78, 5) is 29.6. The van der Waals surface area contributed by atoms with Crippen LogP contribution in [0.25, 0.3) is 0 Å². The van der Waals surface area contributed by atoms with Gasteiger partial charge in [0.2, 0.25) is 20.0 Å². The van der Waals surface area contributed by atoms with Crippen molar-refractivity contribution in [3.63, 3.8) is 0 Å². The van der Waals surface area contributed by atoms with E-state index in [2.05, 4.69) is 0 Å². The number of carbonyl (C=O) groups excluding carboxylic acids is 2. The molecule has 0 aromatic heterocycles. The van der Waals surface area contributed by atoms with E-state index >= 15 is 0 Å². The largest absolute Gasteiger partial charge is 0.335 e. The summed E-state index contributed by atoms with van der Waals surface area (Å²) in [5.41, 5.74) is 0.541. The molecule has 0 N–H and O–H groups in total. The van der Waals surface area contributed by atoms with Gasteiger partial charge in [-0.1, -0.05) is 39.8 Å². The Bertz CT molecular complexity index is 1260. The topological polar surface area (TPSA) is 115 Å². The van der Waals surface area contributed by atoms with Crippen molar-refractivity contribution in [2.24, 2.45) is 0 Å². The Morgan fingerprint density at radius 3 is 1.24 bits per heavy atom. The van der Waals surface area contributed by atoms with Gasteiger partial charge in [-0.2, -0.15) is 8.61 Å². The predicted molar refractivity (Wildman–Crippen MR) is 145 cm³/mol. The minimum absolute atomic E-state index is 0.0698. The van der Waals surface area contributed by atoms with Crippen LogP contribution in [-0.2, 0) is 20.0 Å². The quantitative estimate of drug-likeness (QED) is 0.438. The highest BCUT2D eigenvalue weighted by Gasteiger charge is 2.29. The zero-order chi connectivity index (χ0) is 28.1. The fraction of sp³-hybridized carbons (Fsp3) is 0.462. The molecule has 0 saturated carbocycles. The number of rotatable bonds is 10. The summed E-state index contributed by atoms with van der Waals surface area (Å²) in [6.45, 7) is 9.46. The summed E-state index contributed by atoms with van der Waals surface area (Å²) in [6.07, 6.45) is 0. The van der Waals surface area contributed by atoms with Gasteiger partial charge in [0.25, 0.3) is 11.8 Å². The van der Waals surface area contributed by atoms with E-state index < -0.39 is 20.0 Å². The summed E-state index contributed by atoms with van der Waals surface area (Å²) in [6, 6.07) is 12.0. The summed E-state index contributed by atoms with van der Waals surface area (Å²) in [5, 5.41) is 0. The van der Waals surface area contributed by atoms with Crippen molar-refractivity contribution in [3.05, 3.63) is 59.7 Å². The SMILES string of the molecule is CCN(CC)S(=O)(=O)c1cccc(C(=O)N2CCN(C(=O)c3cccc(S(=O)(=O)N(CC)CC)c3)CC2)c1. The molecule has 0 atom stereocenters. The highest BCUT2D eigenvalue weighted by Crippen LogP contribution is 2.21. The summed E-state index contributed by atoms with van der Waals surface area (Å²) in [5.74, 6) is -0.609. The van der Waals surface area contributed by atoms with Crippen molar-refractivity contribution in [3.8, 4) is 0 Å². The van der Waals surface area contributed by atoms with Gasteiger partial charge in [0.05, 0.1) is 9.79 Å². The molecule has 0 spiro atoms. The zero-order valence-electron chi connectivity index (χ0n) is 22.3. The molecule has 2 aromatic carbocycles. The number of carbonyl (C=O) groups is 2. The molecule has 10 nitrogen and oxygen atoms in total. The van der Waals surface area contributed by atoms with Gasteiger partial charge >= 0.3 is 0 Å². The maximum Gasteiger partial charge on any atom is 0.254 e. The predicted octanol–water partition coefficient (Wildman–Crippen LogP) is 2.35. The van der Waals surface area contributed by atoms with Crippen LogP contribution in [0.1, 0.15) is 48.4 Å². The average molecular weight is 565 g/mol. The standard InChI is InChI=1S/C26H36N4O6S2/c1-5-29(6-2)37(33,34)23-13-9-11-21(19-23)25(31)27-15-17-28(18-16-27)26(32)22-12-10-14-24(20-22)38(35,36)30(7-3)8-4/h9-14,19-20H,5-8,15-18H2,1-4H3. The molecule has 208 valence electrons. The summed E-state index contributed by atoms with van der Waals surface area (Å²) >= 11 is 0. The number of sulfonamides is 2. The van der Waals surface area contributed by atoms with Crippen LogP contribution in [0.3, 0.4) is 0 Å². The lowest BCUT2D eigenvalue weighted by atomic mass is 10.1. The van der Waals surface area contributed by atoms with Gasteiger partial charge in [0.15, 0.2) is 0 Å². The second kappa shape index (κ2) is 12.4. The van der Waals surface area contributed by atoms with Gasteiger partial charge in [0, 0.05) is 63.5 Å². The van der Waals surface area contributed by atoms with E-state index in [1.54, 1.807) is 61.8 Å². The minimum atomic E-state index is -3.70. The number of nitrogens with zero attached hydrogens (tertiary/aromatic N) is 4. The van der Waals surface area contributed by atoms with Crippen molar-refractivity contribution in [2.75, 3.05) is 52.4 Å². The monoisotopic (exact) mass is 564 g/mol. The van der Waals surface area contributed by atoms with E-state index in [4.69, 9.17) is 0 Å². The van der Waals surface area contributed by atoms with Crippen molar-refractivity contribution in [1.82, 2.24) is 18.4 Å². The number of benzene rings is 2. The van der Waals surface area contributed by atoms with E-state index in [0.29, 0.717) is 26.2 Å². The summed E-state index contributed by atoms with van der Waals surface area (Å²) < 4.78 is 54.2. The molecule has 1 aliphatic rings. The Hall–Kier alpha value is -2.80. The zero-order valence-corrected chi connectivity index (χ0v) is 24.0. The Balaban J connectivity index is 1.71. The molecule has 1 fully saturated rings. The number of piperazine rings is 1. The van der Waals surface area contributed by atoms with E-state index in [1.807, 2.05) is 0 Å². The molecule has 0 unspecified atom stereocenters. The smallest absolute Gasteiger partial charge is 0.254 e. The molecule has 2 aromatic rings. The van der Waals surface area contributed by atoms with Crippen molar-refractivity contribution >= 4 is 31.9 Å². The first-order valence-corrected chi connectivity index (χ1v) is 15.7. The Labute approximate surface area is 225 Å². The molecular weight excluding hydrogens is 528 g/mol. The highest BCUT2D eigenvalue weighted by molar-refractivity contribution is 7.89. The lowest BCUT2D eigenvalue weighted by Crippen LogP contribution is -2.50. The van der Waals surface area contributed by atoms with Gasteiger partial charge in [0.1, 0.15) is 0 Å². The molecule has 3 rings (SSSR count). The third-order valence-corrected chi connectivity index (χ3v) is 10.8. The molecule has 38 heavy (non-hydrogen) atoms. The van der Waals surface area contributed by atoms with Crippen LogP contribution in [0, 0.1) is 0 Å². The van der Waals surface area contributed by atoms with E-state index in [0.717, 1.165) is 0 Å². The van der Waals surface area contributed by atoms with Gasteiger partial charge in [-0.3, -0.25) is 9.59 Å². The fourth-order valence-electron chi connectivity index (χ4n) is 4.48. The van der Waals surface area contributed by atoms with Crippen molar-refractivity contribution in [1.29, 1.82) is 0 Å². The van der Waals surface area contributed by atoms with Crippen LogP contribution in [0.5, 0.6) is 0 Å². The second-order valence-electron chi connectivity index (χ2n) is 8.82. The van der Waals surface area contributed by atoms with Crippen LogP contribution in [0.4, 0.5) is 0 Å². The number of hydrogen-bond acceptors (Lipinski definition) is 6. The van der Waals surface area contributed by atoms with Crippen LogP contribution in [-0.4, -0.2) is 99.4 Å². The first-order chi connectivity index (χ1) is 18.0. The Kier molecular flexibility index (Phi) is 9.69. The van der Waals surface area contributed by atoms with Crippen molar-refractivity contribution in [2.45, 2.75) is 37.5 Å². The summed E-state index contributed by atoms with van der Waals surface area (Å²) in [7, 11) is -7.40. The van der Waals surface area contributed by atoms with Crippen LogP contribution < -0.4 is 0 Å². The minimum Gasteiger partial charge on any atom is -0.335 e. The maximum absolute atomic E-state index is 13.2. The average Bonchev–Trinajstić information content (AvgIpc) is 2.93. The first-order valence-electron chi connectivity index (χ1n) is 12.8. The lowest BCUT2D eigenvalue weighted by molar-refractivity contribution is 0.0535. The maximum atomic E-state index is 13.2. The van der Waals surface area contributed by atoms with Crippen molar-refractivity contribution < 1.29 is 26.4 Å². The fourth-order valence-corrected chi connectivity index (χ4v) is 7.49. The van der Waals surface area contributed by atoms with Gasteiger partial charge in [-0.15, -0.1) is 0 Å². The van der Waals surface area contributed by atoms with E-state index in [-0.39, 0.29) is 58.9 Å². The van der Waals surface area contributed by atoms with Crippen LogP contribution in [0.2, 0.25) is 0 Å². The molecule has 0 aliphatic carbocycles. The molecule has 12 heteroatoms. The molecule has 1 heterocycles. The Morgan fingerprint density at radius 1 is 0.632 bits per heavy atom. The molecule has 1 saturated heterocycles. The Morgan fingerprint density at radius 2 is 0.947 bits per heavy atom. The van der Waals surface area contributed by atoms with Crippen LogP contribution in [0.15, 0.2) is 58.3 Å². The number of amides is 2. The molecular formula is C26H36N4O6S2. The van der Waals surface area contributed by atoms with Gasteiger partial charge in [-0.25, -0.2) is 16.8 Å². The molecule has 0 bridgehead atoms. The molecule has 2 amide bonds. The molecule has 0 radical (unpaired) electrons. The second-order valence-corrected chi connectivity index (χ2v) is 12.7. The van der Waals surface area contributed by atoms with E-state index in [9.17, 15) is 26.4 Å². The van der Waals surface area contributed by atoms with E-state index in [1.165, 1.54) is 32.9 Å². The van der Waals surface area contributed by atoms with Crippen LogP contribution >= 0.6 is 0 Å². The van der Waals surface area contributed by atoms with Gasteiger partial charge in [-0.05, 0) is 36.4 Å². The molecule has 1 aliphatic heterocycles. The highest BCUT2D eigenvalue weighted by atomic mass is 32.2. The normalized spacial score (nSPS) is 14.8.